The van der Waals surface area contributed by atoms with Crippen LogP contribution in [0.4, 0.5) is 8.78 Å². The molecule has 2 heterocycles. The fraction of sp³-hybridized carbons (Fsp3) is 0.636. The van der Waals surface area contributed by atoms with Gasteiger partial charge >= 0.3 is 0 Å². The normalized spacial score (nSPS) is 20.6. The SMILES string of the molecule is C=CCn1nc(C2=CCC(C(=O)N(CCC)C3CCCCC3)S2)cc1C(C)(F)F. The largest absolute Gasteiger partial charge is 0.339 e. The van der Waals surface area contributed by atoms with Gasteiger partial charge in [-0.3, -0.25) is 9.48 Å². The third kappa shape index (κ3) is 5.11. The Kier molecular flexibility index (Phi) is 7.19. The minimum atomic E-state index is -2.98. The number of carbonyl (C=O) groups is 1. The summed E-state index contributed by atoms with van der Waals surface area (Å²) in [4.78, 5) is 16.2. The number of thioether (sulfide) groups is 1. The van der Waals surface area contributed by atoms with E-state index in [1.54, 1.807) is 6.08 Å². The Labute approximate surface area is 176 Å². The van der Waals surface area contributed by atoms with Gasteiger partial charge in [0.15, 0.2) is 0 Å². The van der Waals surface area contributed by atoms with Gasteiger partial charge in [0.25, 0.3) is 5.92 Å². The fourth-order valence-electron chi connectivity index (χ4n) is 4.22. The Balaban J connectivity index is 1.73. The summed E-state index contributed by atoms with van der Waals surface area (Å²) in [5.41, 5.74) is 0.391. The average Bonchev–Trinajstić information content (AvgIpc) is 3.33. The van der Waals surface area contributed by atoms with Crippen LogP contribution < -0.4 is 0 Å². The number of allylic oxidation sites excluding steroid dienone is 2. The molecule has 1 aromatic heterocycles. The van der Waals surface area contributed by atoms with Crippen LogP contribution in [0.25, 0.3) is 4.91 Å². The molecule has 29 heavy (non-hydrogen) atoms. The highest BCUT2D eigenvalue weighted by Crippen LogP contribution is 2.41. The zero-order valence-corrected chi connectivity index (χ0v) is 18.2. The molecule has 0 spiro atoms. The first-order valence-electron chi connectivity index (χ1n) is 10.6. The molecule has 1 aliphatic carbocycles. The number of rotatable bonds is 8. The van der Waals surface area contributed by atoms with E-state index in [-0.39, 0.29) is 23.4 Å². The van der Waals surface area contributed by atoms with E-state index in [9.17, 15) is 13.6 Å². The van der Waals surface area contributed by atoms with Crippen LogP contribution in [-0.4, -0.2) is 38.4 Å². The summed E-state index contributed by atoms with van der Waals surface area (Å²) in [6, 6.07) is 1.79. The van der Waals surface area contributed by atoms with Crippen LogP contribution >= 0.6 is 11.8 Å². The lowest BCUT2D eigenvalue weighted by Crippen LogP contribution is -2.45. The van der Waals surface area contributed by atoms with Crippen molar-refractivity contribution < 1.29 is 13.6 Å². The van der Waals surface area contributed by atoms with E-state index < -0.39 is 5.92 Å². The Hall–Kier alpha value is -1.63. The van der Waals surface area contributed by atoms with Gasteiger partial charge in [-0.25, -0.2) is 0 Å². The first kappa shape index (κ1) is 22.1. The molecule has 1 fully saturated rings. The van der Waals surface area contributed by atoms with Gasteiger partial charge in [0.05, 0.1) is 17.5 Å². The Morgan fingerprint density at radius 1 is 1.41 bits per heavy atom. The molecular formula is C22H31F2N3OS. The van der Waals surface area contributed by atoms with Crippen LogP contribution in [0.3, 0.4) is 0 Å². The number of alkyl halides is 2. The third-order valence-electron chi connectivity index (χ3n) is 5.61. The molecule has 0 saturated heterocycles. The van der Waals surface area contributed by atoms with Crippen molar-refractivity contribution in [2.75, 3.05) is 6.54 Å². The first-order valence-corrected chi connectivity index (χ1v) is 11.5. The summed E-state index contributed by atoms with van der Waals surface area (Å²) in [5, 5.41) is 4.18. The lowest BCUT2D eigenvalue weighted by Gasteiger charge is -2.35. The Bertz CT molecular complexity index is 763. The summed E-state index contributed by atoms with van der Waals surface area (Å²) in [6.45, 7) is 7.62. The fourth-order valence-corrected chi connectivity index (χ4v) is 5.37. The van der Waals surface area contributed by atoms with Crippen molar-refractivity contribution >= 4 is 22.6 Å². The van der Waals surface area contributed by atoms with Crippen LogP contribution in [0.1, 0.15) is 70.2 Å². The van der Waals surface area contributed by atoms with Crippen LogP contribution in [0.2, 0.25) is 0 Å². The molecule has 1 aliphatic heterocycles. The van der Waals surface area contributed by atoms with E-state index in [0.29, 0.717) is 18.2 Å². The second kappa shape index (κ2) is 9.45. The van der Waals surface area contributed by atoms with Crippen molar-refractivity contribution in [3.05, 3.63) is 36.2 Å². The van der Waals surface area contributed by atoms with Crippen molar-refractivity contribution in [2.45, 2.75) is 82.6 Å². The molecule has 0 N–H and O–H groups in total. The van der Waals surface area contributed by atoms with Gasteiger partial charge in [-0.15, -0.1) is 18.3 Å². The molecule has 1 aromatic rings. The number of nitrogens with zero attached hydrogens (tertiary/aromatic N) is 3. The summed E-state index contributed by atoms with van der Waals surface area (Å²) < 4.78 is 29.2. The van der Waals surface area contributed by atoms with E-state index in [0.717, 1.165) is 37.6 Å². The molecule has 3 rings (SSSR count). The average molecular weight is 424 g/mol. The molecule has 4 nitrogen and oxygen atoms in total. The zero-order chi connectivity index (χ0) is 21.0. The van der Waals surface area contributed by atoms with E-state index in [1.807, 2.05) is 6.08 Å². The molecule has 0 radical (unpaired) electrons. The third-order valence-corrected chi connectivity index (χ3v) is 6.92. The van der Waals surface area contributed by atoms with Crippen molar-refractivity contribution in [3.63, 3.8) is 0 Å². The number of halogens is 2. The van der Waals surface area contributed by atoms with Crippen molar-refractivity contribution in [2.24, 2.45) is 0 Å². The highest BCUT2D eigenvalue weighted by atomic mass is 32.2. The molecular weight excluding hydrogens is 392 g/mol. The number of hydrogen-bond donors (Lipinski definition) is 0. The molecule has 160 valence electrons. The zero-order valence-electron chi connectivity index (χ0n) is 17.4. The minimum absolute atomic E-state index is 0.126. The molecule has 1 atom stereocenters. The number of aromatic nitrogens is 2. The molecule has 1 amide bonds. The van der Waals surface area contributed by atoms with Crippen LogP contribution in [0, 0.1) is 0 Å². The Morgan fingerprint density at radius 3 is 2.76 bits per heavy atom. The molecule has 1 saturated carbocycles. The molecule has 2 aliphatic rings. The molecule has 7 heteroatoms. The van der Waals surface area contributed by atoms with Gasteiger partial charge in [-0.2, -0.15) is 13.9 Å². The first-order chi connectivity index (χ1) is 13.8. The summed E-state index contributed by atoms with van der Waals surface area (Å²) in [7, 11) is 0. The lowest BCUT2D eigenvalue weighted by atomic mass is 9.93. The Morgan fingerprint density at radius 2 is 2.14 bits per heavy atom. The predicted octanol–water partition coefficient (Wildman–Crippen LogP) is 5.60. The summed E-state index contributed by atoms with van der Waals surface area (Å²) in [5.74, 6) is -2.80. The maximum atomic E-state index is 14.0. The second-order valence-electron chi connectivity index (χ2n) is 8.01. The van der Waals surface area contributed by atoms with Gasteiger partial charge < -0.3 is 4.90 Å². The molecule has 0 bridgehead atoms. The highest BCUT2D eigenvalue weighted by molar-refractivity contribution is 8.09. The number of carbonyl (C=O) groups excluding carboxylic acids is 1. The van der Waals surface area contributed by atoms with Gasteiger partial charge in [0.1, 0.15) is 5.69 Å². The number of hydrogen-bond acceptors (Lipinski definition) is 3. The predicted molar refractivity (Wildman–Crippen MR) is 115 cm³/mol. The standard InChI is InChI=1S/C22H31F2N3OS/c1-4-13-26(16-9-7-6-8-10-16)21(28)19-12-11-18(29-19)17-15-20(22(3,23)24)27(25-17)14-5-2/h5,11,15-16,19H,2,4,6-10,12-14H2,1,3H3. The second-order valence-corrected chi connectivity index (χ2v) is 9.25. The molecule has 1 unspecified atom stereocenters. The minimum Gasteiger partial charge on any atom is -0.339 e. The monoisotopic (exact) mass is 423 g/mol. The van der Waals surface area contributed by atoms with Crippen LogP contribution in [0.5, 0.6) is 0 Å². The van der Waals surface area contributed by atoms with Crippen molar-refractivity contribution in [1.29, 1.82) is 0 Å². The maximum absolute atomic E-state index is 14.0. The lowest BCUT2D eigenvalue weighted by molar-refractivity contribution is -0.133. The molecule has 0 aromatic carbocycles. The van der Waals surface area contributed by atoms with E-state index in [4.69, 9.17) is 0 Å². The number of amides is 1. The van der Waals surface area contributed by atoms with Gasteiger partial charge in [0, 0.05) is 24.4 Å². The maximum Gasteiger partial charge on any atom is 0.286 e. The summed E-state index contributed by atoms with van der Waals surface area (Å²) in [6.07, 6.45) is 10.9. The van der Waals surface area contributed by atoms with E-state index in [1.165, 1.54) is 41.8 Å². The van der Waals surface area contributed by atoms with Gasteiger partial charge in [0.2, 0.25) is 5.91 Å². The van der Waals surface area contributed by atoms with Crippen LogP contribution in [0.15, 0.2) is 24.8 Å². The van der Waals surface area contributed by atoms with E-state index in [2.05, 4.69) is 23.5 Å². The van der Waals surface area contributed by atoms with Crippen LogP contribution in [-0.2, 0) is 17.3 Å². The quantitative estimate of drug-likeness (QED) is 0.511. The van der Waals surface area contributed by atoms with Crippen molar-refractivity contribution in [3.8, 4) is 0 Å². The van der Waals surface area contributed by atoms with Crippen molar-refractivity contribution in [1.82, 2.24) is 14.7 Å². The van der Waals surface area contributed by atoms with Gasteiger partial charge in [-0.1, -0.05) is 38.3 Å². The van der Waals surface area contributed by atoms with E-state index >= 15 is 0 Å². The highest BCUT2D eigenvalue weighted by Gasteiger charge is 2.35. The summed E-state index contributed by atoms with van der Waals surface area (Å²) >= 11 is 1.46. The topological polar surface area (TPSA) is 38.1 Å². The van der Waals surface area contributed by atoms with Gasteiger partial charge in [-0.05, 0) is 31.7 Å². The smallest absolute Gasteiger partial charge is 0.286 e.